The zero-order chi connectivity index (χ0) is 15.2. The van der Waals surface area contributed by atoms with Gasteiger partial charge >= 0.3 is 5.97 Å². The lowest BCUT2D eigenvalue weighted by Crippen LogP contribution is -2.11. The van der Waals surface area contributed by atoms with E-state index in [1.54, 1.807) is 12.1 Å². The van der Waals surface area contributed by atoms with Crippen molar-refractivity contribution in [2.75, 3.05) is 12.4 Å². The van der Waals surface area contributed by atoms with Crippen LogP contribution in [0.15, 0.2) is 60.7 Å². The number of carbonyl (C=O) groups is 1. The maximum atomic E-state index is 11.9. The molecular weight excluding hydrogens is 312 g/mol. The molecule has 0 bridgehead atoms. The fourth-order valence-electron chi connectivity index (χ4n) is 2.33. The Morgan fingerprint density at radius 3 is 2.45 bits per heavy atom. The first kappa shape index (κ1) is 15.5. The fourth-order valence-corrected chi connectivity index (χ4v) is 5.70. The zero-order valence-electron chi connectivity index (χ0n) is 12.2. The van der Waals surface area contributed by atoms with Crippen LogP contribution in [-0.4, -0.2) is 23.6 Å². The van der Waals surface area contributed by atoms with Crippen LogP contribution in [0.3, 0.4) is 0 Å². The average Bonchev–Trinajstić information content (AvgIpc) is 3.05. The van der Waals surface area contributed by atoms with Gasteiger partial charge < -0.3 is 4.74 Å². The van der Waals surface area contributed by atoms with Gasteiger partial charge in [0.2, 0.25) is 0 Å². The molecule has 2 nitrogen and oxygen atoms in total. The van der Waals surface area contributed by atoms with Gasteiger partial charge in [-0.05, 0) is 24.1 Å². The summed E-state index contributed by atoms with van der Waals surface area (Å²) in [6.07, 6.45) is 0.916. The lowest BCUT2D eigenvalue weighted by Gasteiger charge is -2.11. The summed E-state index contributed by atoms with van der Waals surface area (Å²) in [6.45, 7) is 0.494. The van der Waals surface area contributed by atoms with E-state index in [0.717, 1.165) is 12.2 Å². The van der Waals surface area contributed by atoms with Gasteiger partial charge in [-0.2, -0.15) is 0 Å². The van der Waals surface area contributed by atoms with Gasteiger partial charge in [0.15, 0.2) is 0 Å². The van der Waals surface area contributed by atoms with Crippen LogP contribution in [0.4, 0.5) is 0 Å². The van der Waals surface area contributed by atoms with E-state index in [-0.39, 0.29) is 5.97 Å². The first-order valence-electron chi connectivity index (χ1n) is 7.37. The third-order valence-corrected chi connectivity index (χ3v) is 6.93. The molecule has 4 heteroatoms. The van der Waals surface area contributed by atoms with Crippen molar-refractivity contribution in [2.45, 2.75) is 16.3 Å². The van der Waals surface area contributed by atoms with Gasteiger partial charge in [-0.25, -0.2) is 4.79 Å². The normalized spacial score (nSPS) is 20.7. The van der Waals surface area contributed by atoms with Gasteiger partial charge in [0.25, 0.3) is 0 Å². The van der Waals surface area contributed by atoms with E-state index in [2.05, 4.69) is 24.3 Å². The van der Waals surface area contributed by atoms with Gasteiger partial charge in [-0.1, -0.05) is 48.5 Å². The summed E-state index contributed by atoms with van der Waals surface area (Å²) in [4.78, 5) is 11.9. The number of benzene rings is 2. The Hall–Kier alpha value is -1.39. The summed E-state index contributed by atoms with van der Waals surface area (Å²) in [5, 5.41) is 0.554. The van der Waals surface area contributed by atoms with E-state index in [4.69, 9.17) is 4.74 Å². The van der Waals surface area contributed by atoms with Gasteiger partial charge in [0.05, 0.1) is 16.8 Å². The van der Waals surface area contributed by atoms with Crippen molar-refractivity contribution < 1.29 is 9.53 Å². The number of hydrogen-bond acceptors (Lipinski definition) is 4. The van der Waals surface area contributed by atoms with E-state index >= 15 is 0 Å². The van der Waals surface area contributed by atoms with E-state index in [1.807, 2.05) is 47.8 Å². The molecule has 1 heterocycles. The van der Waals surface area contributed by atoms with E-state index in [1.165, 1.54) is 5.56 Å². The summed E-state index contributed by atoms with van der Waals surface area (Å²) in [7, 11) is 0. The van der Waals surface area contributed by atoms with Crippen molar-refractivity contribution in [3.8, 4) is 0 Å². The van der Waals surface area contributed by atoms with Crippen molar-refractivity contribution in [2.24, 2.45) is 0 Å². The average molecular weight is 330 g/mol. The SMILES string of the molecule is O=C(OCCC1CSC(c2ccccc2)S1)c1ccccc1. The van der Waals surface area contributed by atoms with Crippen LogP contribution in [0.25, 0.3) is 0 Å². The Balaban J connectivity index is 1.43. The summed E-state index contributed by atoms with van der Waals surface area (Å²) < 4.78 is 5.88. The molecular formula is C18H18O2S2. The van der Waals surface area contributed by atoms with Crippen molar-refractivity contribution >= 4 is 29.5 Å². The van der Waals surface area contributed by atoms with E-state index in [0.29, 0.717) is 22.0 Å². The second kappa shape index (κ2) is 7.75. The number of esters is 1. The quantitative estimate of drug-likeness (QED) is 0.737. The monoisotopic (exact) mass is 330 g/mol. The minimum atomic E-state index is -0.226. The van der Waals surface area contributed by atoms with Crippen LogP contribution in [-0.2, 0) is 4.74 Å². The molecule has 2 unspecified atom stereocenters. The predicted octanol–water partition coefficient (Wildman–Crippen LogP) is 4.78. The van der Waals surface area contributed by atoms with Crippen LogP contribution in [0.5, 0.6) is 0 Å². The maximum absolute atomic E-state index is 11.9. The number of hydrogen-bond donors (Lipinski definition) is 0. The molecule has 1 aliphatic rings. The van der Waals surface area contributed by atoms with Crippen LogP contribution < -0.4 is 0 Å². The molecule has 0 N–H and O–H groups in total. The van der Waals surface area contributed by atoms with Crippen molar-refractivity contribution in [3.05, 3.63) is 71.8 Å². The number of carbonyl (C=O) groups excluding carboxylic acids is 1. The van der Waals surface area contributed by atoms with Crippen molar-refractivity contribution in [1.29, 1.82) is 0 Å². The highest BCUT2D eigenvalue weighted by Gasteiger charge is 2.27. The fraction of sp³-hybridized carbons (Fsp3) is 0.278. The summed E-state index contributed by atoms with van der Waals surface area (Å²) in [5.41, 5.74) is 2.00. The van der Waals surface area contributed by atoms with Crippen LogP contribution in [0.2, 0.25) is 0 Å². The van der Waals surface area contributed by atoms with Crippen molar-refractivity contribution in [3.63, 3.8) is 0 Å². The summed E-state index contributed by atoms with van der Waals surface area (Å²) >= 11 is 3.96. The van der Waals surface area contributed by atoms with Gasteiger partial charge in [-0.3, -0.25) is 0 Å². The van der Waals surface area contributed by atoms with Gasteiger partial charge in [-0.15, -0.1) is 23.5 Å². The number of rotatable bonds is 5. The Morgan fingerprint density at radius 2 is 1.73 bits per heavy atom. The second-order valence-corrected chi connectivity index (χ2v) is 7.97. The molecule has 1 aliphatic heterocycles. The Labute approximate surface area is 139 Å². The lowest BCUT2D eigenvalue weighted by atomic mass is 10.2. The van der Waals surface area contributed by atoms with E-state index < -0.39 is 0 Å². The van der Waals surface area contributed by atoms with Crippen LogP contribution >= 0.6 is 23.5 Å². The van der Waals surface area contributed by atoms with Gasteiger partial charge in [0.1, 0.15) is 0 Å². The highest BCUT2D eigenvalue weighted by molar-refractivity contribution is 8.19. The molecule has 1 fully saturated rings. The summed E-state index contributed by atoms with van der Waals surface area (Å²) in [6, 6.07) is 19.8. The van der Waals surface area contributed by atoms with Crippen LogP contribution in [0.1, 0.15) is 26.9 Å². The Kier molecular flexibility index (Phi) is 5.46. The Morgan fingerprint density at radius 1 is 1.05 bits per heavy atom. The first-order chi connectivity index (χ1) is 10.8. The third kappa shape index (κ3) is 4.08. The molecule has 3 rings (SSSR count). The maximum Gasteiger partial charge on any atom is 0.338 e. The molecule has 0 spiro atoms. The largest absolute Gasteiger partial charge is 0.462 e. The molecule has 1 saturated heterocycles. The van der Waals surface area contributed by atoms with Crippen molar-refractivity contribution in [1.82, 2.24) is 0 Å². The standard InChI is InChI=1S/C18H18O2S2/c19-17(14-7-3-1-4-8-14)20-12-11-16-13-21-18(22-16)15-9-5-2-6-10-15/h1-10,16,18H,11-13H2. The molecule has 114 valence electrons. The van der Waals surface area contributed by atoms with E-state index in [9.17, 15) is 4.79 Å². The molecule has 2 aromatic carbocycles. The predicted molar refractivity (Wildman–Crippen MR) is 94.4 cm³/mol. The van der Waals surface area contributed by atoms with Crippen LogP contribution in [0, 0.1) is 0 Å². The number of ether oxygens (including phenoxy) is 1. The smallest absolute Gasteiger partial charge is 0.338 e. The molecule has 0 aliphatic carbocycles. The molecule has 2 aromatic rings. The molecule has 0 radical (unpaired) electrons. The molecule has 0 amide bonds. The highest BCUT2D eigenvalue weighted by Crippen LogP contribution is 2.50. The number of thioether (sulfide) groups is 2. The summed E-state index contributed by atoms with van der Waals surface area (Å²) in [5.74, 6) is 0.892. The first-order valence-corrected chi connectivity index (χ1v) is 9.36. The Bertz CT molecular complexity index is 601. The third-order valence-electron chi connectivity index (χ3n) is 3.50. The topological polar surface area (TPSA) is 26.3 Å². The molecule has 0 saturated carbocycles. The zero-order valence-corrected chi connectivity index (χ0v) is 13.8. The lowest BCUT2D eigenvalue weighted by molar-refractivity contribution is 0.0501. The minimum absolute atomic E-state index is 0.226. The molecule has 0 aromatic heterocycles. The second-order valence-electron chi connectivity index (χ2n) is 5.12. The highest BCUT2D eigenvalue weighted by atomic mass is 32.2. The molecule has 2 atom stereocenters. The minimum Gasteiger partial charge on any atom is -0.462 e. The molecule has 22 heavy (non-hydrogen) atoms. The van der Waals surface area contributed by atoms with Gasteiger partial charge in [0, 0.05) is 11.0 Å².